The molecule has 0 saturated heterocycles. The van der Waals surface area contributed by atoms with E-state index in [0.717, 1.165) is 50.8 Å². The highest BCUT2D eigenvalue weighted by Gasteiger charge is 2.15. The van der Waals surface area contributed by atoms with E-state index in [1.54, 1.807) is 30.5 Å². The largest absolute Gasteiger partial charge is 0.318 e. The molecule has 40 heavy (non-hydrogen) atoms. The molecule has 8 nitrogen and oxygen atoms in total. The molecule has 5 rings (SSSR count). The molecule has 0 aliphatic heterocycles. The predicted octanol–water partition coefficient (Wildman–Crippen LogP) is 6.84. The van der Waals surface area contributed by atoms with Crippen LogP contribution in [0.3, 0.4) is 0 Å². The van der Waals surface area contributed by atoms with Crippen molar-refractivity contribution in [2.24, 2.45) is 5.10 Å². The highest BCUT2D eigenvalue weighted by Crippen LogP contribution is 2.27. The minimum Gasteiger partial charge on any atom is -0.318 e. The second-order valence-electron chi connectivity index (χ2n) is 9.70. The van der Waals surface area contributed by atoms with E-state index in [1.165, 1.54) is 6.07 Å². The fourth-order valence-electron chi connectivity index (χ4n) is 5.00. The van der Waals surface area contributed by atoms with Crippen LogP contribution in [0.15, 0.2) is 96.1 Å². The lowest BCUT2D eigenvalue weighted by Gasteiger charge is -2.13. The van der Waals surface area contributed by atoms with Gasteiger partial charge in [0.15, 0.2) is 0 Å². The number of non-ortho nitro benzene ring substituents is 1. The van der Waals surface area contributed by atoms with E-state index < -0.39 is 4.92 Å². The first-order chi connectivity index (χ1) is 19.2. The van der Waals surface area contributed by atoms with Gasteiger partial charge >= 0.3 is 0 Å². The molecule has 2 heterocycles. The summed E-state index contributed by atoms with van der Waals surface area (Å²) in [4.78, 5) is 23.5. The first kappa shape index (κ1) is 26.4. The summed E-state index contributed by atoms with van der Waals surface area (Å²) < 4.78 is 4.19. The van der Waals surface area contributed by atoms with Crippen molar-refractivity contribution < 1.29 is 9.72 Å². The summed E-state index contributed by atoms with van der Waals surface area (Å²) in [6.45, 7) is 7.81. The van der Waals surface area contributed by atoms with Gasteiger partial charge in [-0.3, -0.25) is 14.9 Å². The molecule has 0 aliphatic rings. The number of nitrogens with zero attached hydrogens (tertiary/aromatic N) is 4. The van der Waals surface area contributed by atoms with E-state index in [4.69, 9.17) is 0 Å². The number of amides is 1. The summed E-state index contributed by atoms with van der Waals surface area (Å²) in [7, 11) is 0. The number of nitro benzene ring substituents is 1. The minimum atomic E-state index is -0.399. The number of hydrogen-bond acceptors (Lipinski definition) is 4. The lowest BCUT2D eigenvalue weighted by Crippen LogP contribution is -2.17. The fraction of sp³-hybridized carbons (Fsp3) is 0.125. The maximum atomic E-state index is 12.8. The normalized spacial score (nSPS) is 11.2. The quantitative estimate of drug-likeness (QED) is 0.141. The molecule has 0 aliphatic carbocycles. The molecule has 8 heteroatoms. The highest BCUT2D eigenvalue weighted by atomic mass is 16.6. The van der Waals surface area contributed by atoms with Gasteiger partial charge in [-0.05, 0) is 87.4 Å². The Morgan fingerprint density at radius 1 is 0.850 bits per heavy atom. The first-order valence-electron chi connectivity index (χ1n) is 12.9. The van der Waals surface area contributed by atoms with Gasteiger partial charge in [0.1, 0.15) is 0 Å². The Morgan fingerprint density at radius 3 is 2.25 bits per heavy atom. The molecule has 0 saturated carbocycles. The van der Waals surface area contributed by atoms with E-state index >= 15 is 0 Å². The maximum Gasteiger partial charge on any atom is 0.271 e. The summed E-state index contributed by atoms with van der Waals surface area (Å²) in [6, 6.07) is 28.6. The predicted molar refractivity (Wildman–Crippen MR) is 158 cm³/mol. The highest BCUT2D eigenvalue weighted by molar-refractivity contribution is 5.95. The van der Waals surface area contributed by atoms with Crippen LogP contribution in [0.1, 0.15) is 38.6 Å². The van der Waals surface area contributed by atoms with Crippen LogP contribution in [0.4, 0.5) is 5.69 Å². The van der Waals surface area contributed by atoms with Gasteiger partial charge < -0.3 is 9.13 Å². The summed E-state index contributed by atoms with van der Waals surface area (Å²) in [6.07, 6.45) is 1.61. The third-order valence-corrected chi connectivity index (χ3v) is 7.01. The van der Waals surface area contributed by atoms with Crippen LogP contribution >= 0.6 is 0 Å². The van der Waals surface area contributed by atoms with Crippen molar-refractivity contribution in [1.82, 2.24) is 14.6 Å². The molecular formula is C32H29N5O3. The molecule has 1 N–H and O–H groups in total. The third-order valence-electron chi connectivity index (χ3n) is 7.01. The molecule has 5 aromatic rings. The summed E-state index contributed by atoms with van der Waals surface area (Å²) in [5.74, 6) is -0.310. The maximum absolute atomic E-state index is 12.8. The summed E-state index contributed by atoms with van der Waals surface area (Å²) in [5, 5.41) is 15.3. The van der Waals surface area contributed by atoms with Crippen LogP contribution in [0, 0.1) is 37.8 Å². The van der Waals surface area contributed by atoms with Gasteiger partial charge in [-0.25, -0.2) is 5.43 Å². The number of benzene rings is 3. The Balaban J connectivity index is 1.31. The Kier molecular flexibility index (Phi) is 7.16. The molecule has 0 unspecified atom stereocenters. The topological polar surface area (TPSA) is 94.5 Å². The number of nitrogens with one attached hydrogen (secondary N) is 1. The number of aromatic nitrogens is 2. The van der Waals surface area contributed by atoms with Crippen LogP contribution in [-0.4, -0.2) is 26.2 Å². The van der Waals surface area contributed by atoms with Crippen LogP contribution in [0.5, 0.6) is 0 Å². The lowest BCUT2D eigenvalue weighted by atomic mass is 10.1. The van der Waals surface area contributed by atoms with Gasteiger partial charge in [0.2, 0.25) is 0 Å². The van der Waals surface area contributed by atoms with Crippen molar-refractivity contribution in [2.45, 2.75) is 27.7 Å². The number of carbonyl (C=O) groups is 1. The number of rotatable bonds is 7. The Morgan fingerprint density at radius 2 is 1.57 bits per heavy atom. The molecule has 0 spiro atoms. The second kappa shape index (κ2) is 10.9. The van der Waals surface area contributed by atoms with Gasteiger partial charge in [0.05, 0.1) is 16.8 Å². The van der Waals surface area contributed by atoms with E-state index in [2.05, 4.69) is 46.3 Å². The third kappa shape index (κ3) is 5.07. The second-order valence-corrected chi connectivity index (χ2v) is 9.70. The Hall–Kier alpha value is -5.24. The molecule has 0 radical (unpaired) electrons. The van der Waals surface area contributed by atoms with Gasteiger partial charge in [0.25, 0.3) is 11.6 Å². The van der Waals surface area contributed by atoms with Crippen molar-refractivity contribution in [2.75, 3.05) is 0 Å². The molecule has 2 aromatic heterocycles. The van der Waals surface area contributed by atoms with Crippen LogP contribution in [0.25, 0.3) is 22.6 Å². The van der Waals surface area contributed by atoms with Crippen molar-refractivity contribution >= 4 is 17.8 Å². The zero-order valence-corrected chi connectivity index (χ0v) is 22.8. The standard InChI is InChI=1S/C32H29N5O3/c1-21-18-29(37(39)40)15-17-30(21)35-23(3)19-27(24(35)4)20-33-34-32(38)26-11-13-28(14-12-26)36-22(2)10-16-31(36)25-8-6-5-7-9-25/h5-20H,1-4H3,(H,34,38)/b33-20+. The number of nitro groups is 1. The smallest absolute Gasteiger partial charge is 0.271 e. The van der Waals surface area contributed by atoms with Gasteiger partial charge in [-0.15, -0.1) is 0 Å². The van der Waals surface area contributed by atoms with Crippen LogP contribution in [-0.2, 0) is 0 Å². The van der Waals surface area contributed by atoms with E-state index in [1.807, 2.05) is 61.7 Å². The molecule has 0 atom stereocenters. The van der Waals surface area contributed by atoms with Gasteiger partial charge in [0, 0.05) is 51.7 Å². The number of hydrogen-bond donors (Lipinski definition) is 1. The number of aryl methyl sites for hydroxylation is 3. The molecule has 1 amide bonds. The van der Waals surface area contributed by atoms with E-state index in [-0.39, 0.29) is 11.6 Å². The average Bonchev–Trinajstić information content (AvgIpc) is 3.47. The van der Waals surface area contributed by atoms with Crippen molar-refractivity contribution in [3.05, 3.63) is 135 Å². The molecule has 0 fully saturated rings. The van der Waals surface area contributed by atoms with E-state index in [9.17, 15) is 14.9 Å². The zero-order chi connectivity index (χ0) is 28.4. The first-order valence-corrected chi connectivity index (χ1v) is 12.9. The van der Waals surface area contributed by atoms with E-state index in [0.29, 0.717) is 5.56 Å². The number of hydrazone groups is 1. The monoisotopic (exact) mass is 531 g/mol. The van der Waals surface area contributed by atoms with Crippen molar-refractivity contribution in [3.8, 4) is 22.6 Å². The van der Waals surface area contributed by atoms with Crippen LogP contribution in [0.2, 0.25) is 0 Å². The average molecular weight is 532 g/mol. The SMILES string of the molecule is Cc1cc([N+](=O)[O-])ccc1-n1c(C)cc(/C=N/NC(=O)c2ccc(-n3c(C)ccc3-c3ccccc3)cc2)c1C. The minimum absolute atomic E-state index is 0.0568. The molecular weight excluding hydrogens is 502 g/mol. The van der Waals surface area contributed by atoms with Gasteiger partial charge in [-0.1, -0.05) is 30.3 Å². The molecule has 0 bridgehead atoms. The Labute approximate surface area is 232 Å². The van der Waals surface area contributed by atoms with Gasteiger partial charge in [-0.2, -0.15) is 5.10 Å². The van der Waals surface area contributed by atoms with Crippen molar-refractivity contribution in [3.63, 3.8) is 0 Å². The zero-order valence-electron chi connectivity index (χ0n) is 22.8. The molecule has 3 aromatic carbocycles. The van der Waals surface area contributed by atoms with Crippen molar-refractivity contribution in [1.29, 1.82) is 0 Å². The molecule has 200 valence electrons. The fourth-order valence-corrected chi connectivity index (χ4v) is 5.00. The Bertz CT molecular complexity index is 1750. The number of carbonyl (C=O) groups excluding carboxylic acids is 1. The van der Waals surface area contributed by atoms with Crippen LogP contribution < -0.4 is 5.43 Å². The lowest BCUT2D eigenvalue weighted by molar-refractivity contribution is -0.384. The summed E-state index contributed by atoms with van der Waals surface area (Å²) in [5.41, 5.74) is 11.8. The summed E-state index contributed by atoms with van der Waals surface area (Å²) >= 11 is 0.